The number of nitrogens with zero attached hydrogens (tertiary/aromatic N) is 6. The second kappa shape index (κ2) is 7.99. The first-order valence-electron chi connectivity index (χ1n) is 9.18. The molecular weight excluding hydrogens is 354 g/mol. The van der Waals surface area contributed by atoms with Gasteiger partial charge in [0, 0.05) is 51.2 Å². The Balaban J connectivity index is 1.53. The lowest BCUT2D eigenvalue weighted by atomic mass is 10.1. The Kier molecular flexibility index (Phi) is 5.09. The molecule has 0 unspecified atom stereocenters. The van der Waals surface area contributed by atoms with Gasteiger partial charge in [0.15, 0.2) is 5.82 Å². The van der Waals surface area contributed by atoms with E-state index in [1.165, 1.54) is 0 Å². The second-order valence-electron chi connectivity index (χ2n) is 6.44. The van der Waals surface area contributed by atoms with Gasteiger partial charge >= 0.3 is 0 Å². The highest BCUT2D eigenvalue weighted by Crippen LogP contribution is 2.22. The molecule has 0 aliphatic carbocycles. The van der Waals surface area contributed by atoms with Gasteiger partial charge in [0.1, 0.15) is 0 Å². The van der Waals surface area contributed by atoms with Crippen LogP contribution in [0.3, 0.4) is 0 Å². The summed E-state index contributed by atoms with van der Waals surface area (Å²) in [5.41, 5.74) is 2.14. The van der Waals surface area contributed by atoms with E-state index in [9.17, 15) is 4.79 Å². The Morgan fingerprint density at radius 3 is 2.36 bits per heavy atom. The van der Waals surface area contributed by atoms with Crippen LogP contribution in [0.5, 0.6) is 0 Å². The van der Waals surface area contributed by atoms with E-state index in [-0.39, 0.29) is 5.91 Å². The first-order valence-corrected chi connectivity index (χ1v) is 9.18. The molecule has 0 atom stereocenters. The molecule has 3 heterocycles. The van der Waals surface area contributed by atoms with Gasteiger partial charge in [0.2, 0.25) is 5.95 Å². The van der Waals surface area contributed by atoms with Gasteiger partial charge in [0.05, 0.1) is 11.3 Å². The molecule has 1 aliphatic heterocycles. The maximum absolute atomic E-state index is 13.2. The smallest absolute Gasteiger partial charge is 0.257 e. The maximum Gasteiger partial charge on any atom is 0.257 e. The van der Waals surface area contributed by atoms with Crippen molar-refractivity contribution in [1.29, 1.82) is 0 Å². The van der Waals surface area contributed by atoms with Gasteiger partial charge in [-0.3, -0.25) is 4.79 Å². The molecule has 8 heteroatoms. The van der Waals surface area contributed by atoms with Crippen LogP contribution in [-0.4, -0.2) is 64.2 Å². The monoisotopic (exact) mass is 375 g/mol. The summed E-state index contributed by atoms with van der Waals surface area (Å²) in [7, 11) is 1.74. The fourth-order valence-corrected chi connectivity index (χ4v) is 3.22. The van der Waals surface area contributed by atoms with Gasteiger partial charge < -0.3 is 15.1 Å². The average molecular weight is 375 g/mol. The molecule has 142 valence electrons. The molecule has 0 bridgehead atoms. The zero-order valence-electron chi connectivity index (χ0n) is 15.6. The van der Waals surface area contributed by atoms with Gasteiger partial charge in [-0.2, -0.15) is 0 Å². The van der Waals surface area contributed by atoms with Crippen LogP contribution in [0.2, 0.25) is 0 Å². The number of nitrogens with one attached hydrogen (secondary N) is 1. The Morgan fingerprint density at radius 2 is 1.68 bits per heavy atom. The molecular formula is C20H21N7O. The van der Waals surface area contributed by atoms with Gasteiger partial charge in [-0.15, -0.1) is 10.2 Å². The van der Waals surface area contributed by atoms with E-state index >= 15 is 0 Å². The Hall–Kier alpha value is -3.55. The van der Waals surface area contributed by atoms with Crippen LogP contribution in [0.25, 0.3) is 11.3 Å². The summed E-state index contributed by atoms with van der Waals surface area (Å²) in [6.45, 7) is 2.58. The number of hydrogen-bond donors (Lipinski definition) is 1. The third-order valence-electron chi connectivity index (χ3n) is 4.73. The van der Waals surface area contributed by atoms with Gasteiger partial charge in [-0.05, 0) is 12.1 Å². The molecule has 0 spiro atoms. The lowest BCUT2D eigenvalue weighted by Crippen LogP contribution is -2.49. The molecule has 2 aromatic heterocycles. The highest BCUT2D eigenvalue weighted by atomic mass is 16.2. The van der Waals surface area contributed by atoms with Crippen molar-refractivity contribution >= 4 is 17.7 Å². The highest BCUT2D eigenvalue weighted by molar-refractivity contribution is 5.99. The number of hydrogen-bond acceptors (Lipinski definition) is 7. The lowest BCUT2D eigenvalue weighted by Gasteiger charge is -2.34. The summed E-state index contributed by atoms with van der Waals surface area (Å²) in [6.07, 6.45) is 3.46. The van der Waals surface area contributed by atoms with E-state index in [1.807, 2.05) is 41.3 Å². The number of anilines is 2. The van der Waals surface area contributed by atoms with E-state index in [2.05, 4.69) is 30.4 Å². The molecule has 1 aliphatic rings. The molecule has 4 rings (SSSR count). The molecule has 0 saturated carbocycles. The van der Waals surface area contributed by atoms with Crippen molar-refractivity contribution in [3.8, 4) is 11.3 Å². The zero-order chi connectivity index (χ0) is 19.3. The summed E-state index contributed by atoms with van der Waals surface area (Å²) in [4.78, 5) is 25.7. The van der Waals surface area contributed by atoms with Crippen LogP contribution in [0, 0.1) is 0 Å². The first-order chi connectivity index (χ1) is 13.8. The van der Waals surface area contributed by atoms with Gasteiger partial charge in [-0.1, -0.05) is 30.3 Å². The predicted octanol–water partition coefficient (Wildman–Crippen LogP) is 1.94. The Labute approximate surface area is 163 Å². The Bertz CT molecular complexity index is 941. The SMILES string of the molecule is CNc1nnc(-c2ccccc2)cc1C(=O)N1CCN(c2ncccn2)CC1. The van der Waals surface area contributed by atoms with Crippen molar-refractivity contribution in [2.24, 2.45) is 0 Å². The summed E-state index contributed by atoms with van der Waals surface area (Å²) < 4.78 is 0. The van der Waals surface area contributed by atoms with Crippen LogP contribution in [-0.2, 0) is 0 Å². The Morgan fingerprint density at radius 1 is 0.964 bits per heavy atom. The van der Waals surface area contributed by atoms with Crippen LogP contribution in [0.15, 0.2) is 54.9 Å². The standard InChI is InChI=1S/C20H21N7O/c1-21-18-16(14-17(24-25-18)15-6-3-2-4-7-15)19(28)26-10-12-27(13-11-26)20-22-8-5-9-23-20/h2-9,14H,10-13H2,1H3,(H,21,25). The van der Waals surface area contributed by atoms with Crippen LogP contribution >= 0.6 is 0 Å². The van der Waals surface area contributed by atoms with Crippen molar-refractivity contribution in [3.63, 3.8) is 0 Å². The van der Waals surface area contributed by atoms with Gasteiger partial charge in [-0.25, -0.2) is 9.97 Å². The number of amides is 1. The third kappa shape index (κ3) is 3.62. The van der Waals surface area contributed by atoms with Crippen LogP contribution in [0.1, 0.15) is 10.4 Å². The summed E-state index contributed by atoms with van der Waals surface area (Å²) >= 11 is 0. The zero-order valence-corrected chi connectivity index (χ0v) is 15.6. The van der Waals surface area contributed by atoms with Crippen molar-refractivity contribution in [1.82, 2.24) is 25.1 Å². The van der Waals surface area contributed by atoms with E-state index in [4.69, 9.17) is 0 Å². The fraction of sp³-hybridized carbons (Fsp3) is 0.250. The lowest BCUT2D eigenvalue weighted by molar-refractivity contribution is 0.0746. The number of carbonyl (C=O) groups is 1. The number of aromatic nitrogens is 4. The number of piperazine rings is 1. The van der Waals surface area contributed by atoms with Crippen LogP contribution < -0.4 is 10.2 Å². The molecule has 28 heavy (non-hydrogen) atoms. The molecule has 1 N–H and O–H groups in total. The molecule has 1 aromatic carbocycles. The number of benzene rings is 1. The van der Waals surface area contributed by atoms with Crippen molar-refractivity contribution in [2.75, 3.05) is 43.4 Å². The van der Waals surface area contributed by atoms with E-state index in [0.717, 1.165) is 5.56 Å². The highest BCUT2D eigenvalue weighted by Gasteiger charge is 2.26. The predicted molar refractivity (Wildman–Crippen MR) is 107 cm³/mol. The molecule has 0 radical (unpaired) electrons. The minimum absolute atomic E-state index is 0.0509. The minimum Gasteiger partial charge on any atom is -0.371 e. The molecule has 3 aromatic rings. The largest absolute Gasteiger partial charge is 0.371 e. The summed E-state index contributed by atoms with van der Waals surface area (Å²) in [5, 5.41) is 11.4. The molecule has 1 amide bonds. The third-order valence-corrected chi connectivity index (χ3v) is 4.73. The van der Waals surface area contributed by atoms with E-state index in [0.29, 0.717) is 49.2 Å². The summed E-state index contributed by atoms with van der Waals surface area (Å²) in [5.74, 6) is 1.13. The molecule has 8 nitrogen and oxygen atoms in total. The number of carbonyl (C=O) groups excluding carboxylic acids is 1. The average Bonchev–Trinajstić information content (AvgIpc) is 2.79. The van der Waals surface area contributed by atoms with Crippen molar-refractivity contribution in [3.05, 3.63) is 60.4 Å². The van der Waals surface area contributed by atoms with Gasteiger partial charge in [0.25, 0.3) is 5.91 Å². The van der Waals surface area contributed by atoms with Crippen LogP contribution in [0.4, 0.5) is 11.8 Å². The maximum atomic E-state index is 13.2. The van der Waals surface area contributed by atoms with E-state index < -0.39 is 0 Å². The molecule has 1 fully saturated rings. The first kappa shape index (κ1) is 17.8. The fourth-order valence-electron chi connectivity index (χ4n) is 3.22. The molecule has 1 saturated heterocycles. The summed E-state index contributed by atoms with van der Waals surface area (Å²) in [6, 6.07) is 13.3. The topological polar surface area (TPSA) is 87.1 Å². The minimum atomic E-state index is -0.0509. The normalized spacial score (nSPS) is 14.0. The quantitative estimate of drug-likeness (QED) is 0.746. The van der Waals surface area contributed by atoms with Crippen molar-refractivity contribution < 1.29 is 4.79 Å². The number of rotatable bonds is 4. The van der Waals surface area contributed by atoms with Crippen molar-refractivity contribution in [2.45, 2.75) is 0 Å². The second-order valence-corrected chi connectivity index (χ2v) is 6.44. The van der Waals surface area contributed by atoms with E-state index in [1.54, 1.807) is 25.5 Å².